The number of anilines is 2. The molecule has 2 unspecified atom stereocenters. The number of aromatic nitrogens is 3. The van der Waals surface area contributed by atoms with E-state index in [2.05, 4.69) is 68.2 Å². The number of aliphatic imine (C=N–C) groups is 1. The van der Waals surface area contributed by atoms with Gasteiger partial charge in [0.05, 0.1) is 17.3 Å². The largest absolute Gasteiger partial charge is 0.491 e. The van der Waals surface area contributed by atoms with Crippen LogP contribution >= 0.6 is 35.0 Å². The maximum absolute atomic E-state index is 6.58. The Morgan fingerprint density at radius 3 is 2.30 bits per heavy atom. The van der Waals surface area contributed by atoms with E-state index < -0.39 is 5.79 Å². The highest BCUT2D eigenvalue weighted by molar-refractivity contribution is 8.14. The fraction of sp³-hybridized carbons (Fsp3) is 0.364. The summed E-state index contributed by atoms with van der Waals surface area (Å²) < 4.78 is 20.5. The molecule has 0 aliphatic carbocycles. The Bertz CT molecular complexity index is 1650. The summed E-state index contributed by atoms with van der Waals surface area (Å²) in [6.45, 7) is 5.80. The molecular weight excluding hydrogens is 645 g/mol. The van der Waals surface area contributed by atoms with Crippen LogP contribution < -0.4 is 14.5 Å². The second-order valence-electron chi connectivity index (χ2n) is 11.5. The molecule has 7 rings (SSSR count). The monoisotopic (exact) mass is 679 g/mol. The lowest BCUT2D eigenvalue weighted by Gasteiger charge is -2.37. The number of piperazine rings is 1. The van der Waals surface area contributed by atoms with Gasteiger partial charge in [-0.15, -0.1) is 0 Å². The molecule has 4 heterocycles. The fourth-order valence-electron chi connectivity index (χ4n) is 5.89. The molecule has 46 heavy (non-hydrogen) atoms. The Hall–Kier alpha value is -3.48. The van der Waals surface area contributed by atoms with Crippen molar-refractivity contribution in [2.45, 2.75) is 18.4 Å². The smallest absolute Gasteiger partial charge is 0.217 e. The number of hydrogen-bond acceptors (Lipinski definition) is 9. The van der Waals surface area contributed by atoms with Crippen LogP contribution in [0.5, 0.6) is 5.75 Å². The maximum atomic E-state index is 6.58. The van der Waals surface area contributed by atoms with Crippen molar-refractivity contribution in [3.05, 3.63) is 95.0 Å². The lowest BCUT2D eigenvalue weighted by Crippen LogP contribution is -2.46. The van der Waals surface area contributed by atoms with Gasteiger partial charge < -0.3 is 28.9 Å². The number of benzene rings is 3. The van der Waals surface area contributed by atoms with E-state index in [1.807, 2.05) is 30.0 Å². The van der Waals surface area contributed by atoms with Crippen molar-refractivity contribution in [1.82, 2.24) is 19.7 Å². The third kappa shape index (κ3) is 6.94. The summed E-state index contributed by atoms with van der Waals surface area (Å²) in [6.07, 6.45) is 2.78. The van der Waals surface area contributed by atoms with Crippen molar-refractivity contribution >= 4 is 57.2 Å². The van der Waals surface area contributed by atoms with Crippen molar-refractivity contribution < 1.29 is 14.2 Å². The van der Waals surface area contributed by atoms with E-state index in [0.29, 0.717) is 28.8 Å². The first-order chi connectivity index (χ1) is 22.4. The normalized spacial score (nSPS) is 22.6. The molecule has 4 aromatic rings. The first-order valence-electron chi connectivity index (χ1n) is 15.3. The van der Waals surface area contributed by atoms with Gasteiger partial charge in [-0.1, -0.05) is 41.0 Å². The molecule has 10 nitrogen and oxygen atoms in total. The van der Waals surface area contributed by atoms with Crippen molar-refractivity contribution in [2.75, 3.05) is 68.5 Å². The molecule has 0 amide bonds. The molecule has 3 aliphatic rings. The van der Waals surface area contributed by atoms with Gasteiger partial charge in [0, 0.05) is 67.5 Å². The third-order valence-corrected chi connectivity index (χ3v) is 9.97. The molecule has 3 aromatic carbocycles. The van der Waals surface area contributed by atoms with Crippen LogP contribution in [0.2, 0.25) is 10.0 Å². The van der Waals surface area contributed by atoms with Crippen LogP contribution in [-0.4, -0.2) is 89.7 Å². The second kappa shape index (κ2) is 13.7. The summed E-state index contributed by atoms with van der Waals surface area (Å²) in [7, 11) is 2.10. The zero-order chi connectivity index (χ0) is 31.5. The SMILES string of the molecule is CN1CCS/C1=N\c1ccc(N2CCN(c3ccc(OCC4COC(Cn5cncn5)(c5ccc(Cl)cc5Cl)O4)cc3)CC2)cc1. The predicted molar refractivity (Wildman–Crippen MR) is 184 cm³/mol. The zero-order valence-electron chi connectivity index (χ0n) is 25.5. The Morgan fingerprint density at radius 2 is 1.67 bits per heavy atom. The summed E-state index contributed by atoms with van der Waals surface area (Å²) in [6, 6.07) is 22.1. The van der Waals surface area contributed by atoms with E-state index in [9.17, 15) is 0 Å². The quantitative estimate of drug-likeness (QED) is 0.214. The van der Waals surface area contributed by atoms with Crippen LogP contribution in [0, 0.1) is 0 Å². The van der Waals surface area contributed by atoms with E-state index in [1.165, 1.54) is 17.7 Å². The van der Waals surface area contributed by atoms with Crippen LogP contribution in [-0.2, 0) is 21.8 Å². The van der Waals surface area contributed by atoms with Gasteiger partial charge in [0.2, 0.25) is 5.79 Å². The molecule has 0 saturated carbocycles. The van der Waals surface area contributed by atoms with E-state index in [0.717, 1.165) is 55.1 Å². The van der Waals surface area contributed by atoms with Crippen molar-refractivity contribution in [2.24, 2.45) is 4.99 Å². The summed E-state index contributed by atoms with van der Waals surface area (Å²) in [5.41, 5.74) is 4.10. The van der Waals surface area contributed by atoms with Crippen molar-refractivity contribution in [1.29, 1.82) is 0 Å². The number of amidine groups is 1. The average Bonchev–Trinajstić information content (AvgIpc) is 3.84. The molecular formula is C33H35Cl2N7O3S. The second-order valence-corrected chi connectivity index (χ2v) is 13.4. The van der Waals surface area contributed by atoms with E-state index in [-0.39, 0.29) is 12.6 Å². The highest BCUT2D eigenvalue weighted by atomic mass is 35.5. The summed E-state index contributed by atoms with van der Waals surface area (Å²) in [5.74, 6) is 0.736. The van der Waals surface area contributed by atoms with Crippen LogP contribution in [0.4, 0.5) is 17.1 Å². The fourth-order valence-corrected chi connectivity index (χ4v) is 7.48. The third-order valence-electron chi connectivity index (χ3n) is 8.38. The van der Waals surface area contributed by atoms with E-state index in [4.69, 9.17) is 42.4 Å². The lowest BCUT2D eigenvalue weighted by atomic mass is 10.1. The summed E-state index contributed by atoms with van der Waals surface area (Å²) >= 11 is 14.6. The molecule has 2 atom stereocenters. The van der Waals surface area contributed by atoms with Gasteiger partial charge in [0.1, 0.15) is 37.7 Å². The minimum absolute atomic E-state index is 0.282. The van der Waals surface area contributed by atoms with Gasteiger partial charge in [0.15, 0.2) is 5.17 Å². The molecule has 13 heteroatoms. The number of thioether (sulfide) groups is 1. The lowest BCUT2D eigenvalue weighted by molar-refractivity contribution is -0.190. The van der Waals surface area contributed by atoms with Crippen LogP contribution in [0.3, 0.4) is 0 Å². The van der Waals surface area contributed by atoms with Crippen LogP contribution in [0.1, 0.15) is 5.56 Å². The number of halogens is 2. The Morgan fingerprint density at radius 1 is 0.957 bits per heavy atom. The number of nitrogens with zero attached hydrogens (tertiary/aromatic N) is 7. The molecule has 0 spiro atoms. The standard InChI is InChI=1S/C33H35Cl2N7O3S/c1-39-16-17-46-32(39)38-25-3-5-26(6-4-25)40-12-14-41(15-13-40)27-7-9-28(10-8-27)43-19-29-20-44-33(45-29,21-42-23-36-22-37-42)30-11-2-24(34)18-31(30)35/h2-11,18,22-23,29H,12-17,19-21H2,1H3/b38-32-. The van der Waals surface area contributed by atoms with E-state index >= 15 is 0 Å². The van der Waals surface area contributed by atoms with Gasteiger partial charge in [-0.3, -0.25) is 0 Å². The molecule has 0 N–H and O–H groups in total. The average molecular weight is 681 g/mol. The van der Waals surface area contributed by atoms with Gasteiger partial charge in [0.25, 0.3) is 0 Å². The Labute approximate surface area is 282 Å². The maximum Gasteiger partial charge on any atom is 0.217 e. The minimum Gasteiger partial charge on any atom is -0.491 e. The highest BCUT2D eigenvalue weighted by Gasteiger charge is 2.45. The molecule has 0 bridgehead atoms. The zero-order valence-corrected chi connectivity index (χ0v) is 27.8. The summed E-state index contributed by atoms with van der Waals surface area (Å²) in [4.78, 5) is 15.9. The van der Waals surface area contributed by atoms with Crippen LogP contribution in [0.15, 0.2) is 84.4 Å². The van der Waals surface area contributed by atoms with Crippen molar-refractivity contribution in [3.63, 3.8) is 0 Å². The van der Waals surface area contributed by atoms with Crippen molar-refractivity contribution in [3.8, 4) is 5.75 Å². The summed E-state index contributed by atoms with van der Waals surface area (Å²) in [5, 5.41) is 6.33. The predicted octanol–water partition coefficient (Wildman–Crippen LogP) is 5.93. The molecule has 0 radical (unpaired) electrons. The Balaban J connectivity index is 0.921. The highest BCUT2D eigenvalue weighted by Crippen LogP contribution is 2.40. The van der Waals surface area contributed by atoms with Gasteiger partial charge in [-0.2, -0.15) is 5.10 Å². The molecule has 3 fully saturated rings. The van der Waals surface area contributed by atoms with Gasteiger partial charge in [-0.25, -0.2) is 14.7 Å². The van der Waals surface area contributed by atoms with Gasteiger partial charge in [-0.05, 0) is 60.7 Å². The Kier molecular flexibility index (Phi) is 9.28. The molecule has 3 aliphatic heterocycles. The minimum atomic E-state index is -1.14. The number of hydrogen-bond donors (Lipinski definition) is 0. The number of ether oxygens (including phenoxy) is 3. The molecule has 3 saturated heterocycles. The van der Waals surface area contributed by atoms with Gasteiger partial charge >= 0.3 is 0 Å². The first-order valence-corrected chi connectivity index (χ1v) is 17.0. The topological polar surface area (TPSA) is 80.5 Å². The van der Waals surface area contributed by atoms with Crippen LogP contribution in [0.25, 0.3) is 0 Å². The molecule has 240 valence electrons. The first kappa shape index (κ1) is 31.1. The van der Waals surface area contributed by atoms with E-state index in [1.54, 1.807) is 23.1 Å². The number of rotatable bonds is 9. The molecule has 1 aromatic heterocycles.